The van der Waals surface area contributed by atoms with Gasteiger partial charge in [0.15, 0.2) is 0 Å². The van der Waals surface area contributed by atoms with Gasteiger partial charge in [-0.1, -0.05) is 54.1 Å². The second-order valence-corrected chi connectivity index (χ2v) is 6.87. The first kappa shape index (κ1) is 16.5. The van der Waals surface area contributed by atoms with Crippen molar-refractivity contribution >= 4 is 11.6 Å². The summed E-state index contributed by atoms with van der Waals surface area (Å²) in [7, 11) is 0. The van der Waals surface area contributed by atoms with Gasteiger partial charge in [-0.3, -0.25) is 0 Å². The molecular weight excluding hydrogens is 306 g/mol. The van der Waals surface area contributed by atoms with Crippen molar-refractivity contribution in [2.75, 3.05) is 6.54 Å². The minimum Gasteiger partial charge on any atom is -0.387 e. The van der Waals surface area contributed by atoms with Gasteiger partial charge in [0.1, 0.15) is 0 Å². The van der Waals surface area contributed by atoms with Gasteiger partial charge < -0.3 is 10.4 Å². The first-order valence-corrected chi connectivity index (χ1v) is 8.82. The van der Waals surface area contributed by atoms with Crippen LogP contribution in [0.4, 0.5) is 0 Å². The quantitative estimate of drug-likeness (QED) is 0.834. The molecule has 122 valence electrons. The van der Waals surface area contributed by atoms with E-state index in [4.69, 9.17) is 11.6 Å². The molecule has 2 nitrogen and oxygen atoms in total. The van der Waals surface area contributed by atoms with Gasteiger partial charge in [-0.2, -0.15) is 0 Å². The van der Waals surface area contributed by atoms with E-state index in [0.717, 1.165) is 5.56 Å². The summed E-state index contributed by atoms with van der Waals surface area (Å²) in [5.41, 5.74) is 2.34. The first-order chi connectivity index (χ1) is 11.2. The zero-order chi connectivity index (χ0) is 16.1. The van der Waals surface area contributed by atoms with E-state index in [1.54, 1.807) is 0 Å². The number of aliphatic hydroxyl groups excluding tert-OH is 1. The highest BCUT2D eigenvalue weighted by Crippen LogP contribution is 2.32. The summed E-state index contributed by atoms with van der Waals surface area (Å²) < 4.78 is 0. The van der Waals surface area contributed by atoms with Crippen molar-refractivity contribution in [1.82, 2.24) is 5.32 Å². The summed E-state index contributed by atoms with van der Waals surface area (Å²) in [6.07, 6.45) is 4.27. The van der Waals surface area contributed by atoms with Crippen molar-refractivity contribution in [2.24, 2.45) is 0 Å². The van der Waals surface area contributed by atoms with Gasteiger partial charge in [-0.25, -0.2) is 0 Å². The van der Waals surface area contributed by atoms with Crippen LogP contribution in [0.1, 0.15) is 48.8 Å². The molecule has 1 fully saturated rings. The molecule has 0 unspecified atom stereocenters. The third-order valence-corrected chi connectivity index (χ3v) is 5.07. The maximum Gasteiger partial charge on any atom is 0.0914 e. The molecule has 1 aliphatic rings. The van der Waals surface area contributed by atoms with Crippen molar-refractivity contribution < 1.29 is 5.11 Å². The van der Waals surface area contributed by atoms with Gasteiger partial charge in [0.25, 0.3) is 0 Å². The summed E-state index contributed by atoms with van der Waals surface area (Å²) in [5.74, 6) is 0.687. The minimum absolute atomic E-state index is 0.499. The molecule has 0 aliphatic heterocycles. The molecule has 3 heteroatoms. The van der Waals surface area contributed by atoms with Gasteiger partial charge in [0.05, 0.1) is 6.10 Å². The van der Waals surface area contributed by atoms with Crippen LogP contribution < -0.4 is 5.32 Å². The topological polar surface area (TPSA) is 32.3 Å². The van der Waals surface area contributed by atoms with E-state index in [1.165, 1.54) is 31.2 Å². The van der Waals surface area contributed by atoms with E-state index in [0.29, 0.717) is 23.5 Å². The molecule has 0 heterocycles. The summed E-state index contributed by atoms with van der Waals surface area (Å²) in [4.78, 5) is 0. The summed E-state index contributed by atoms with van der Waals surface area (Å²) >= 11 is 5.98. The van der Waals surface area contributed by atoms with Gasteiger partial charge >= 0.3 is 0 Å². The third-order valence-electron chi connectivity index (χ3n) is 4.83. The van der Waals surface area contributed by atoms with E-state index in [1.807, 2.05) is 24.3 Å². The average molecular weight is 330 g/mol. The number of benzene rings is 2. The van der Waals surface area contributed by atoms with Crippen LogP contribution in [0.5, 0.6) is 0 Å². The standard InChI is InChI=1S/C20H24ClNO/c21-18-8-4-7-17(13-18)20(23)14-22-19-11-9-16(10-12-19)15-5-2-1-3-6-15/h1-8,13,16,19-20,22-23H,9-12,14H2/t16?,19?,20-/m0/s1. The number of hydrogen-bond acceptors (Lipinski definition) is 2. The lowest BCUT2D eigenvalue weighted by Gasteiger charge is -2.30. The van der Waals surface area contributed by atoms with Gasteiger partial charge in [-0.15, -0.1) is 0 Å². The fourth-order valence-corrected chi connectivity index (χ4v) is 3.66. The molecule has 0 bridgehead atoms. The van der Waals surface area contributed by atoms with Crippen LogP contribution in [0.3, 0.4) is 0 Å². The lowest BCUT2D eigenvalue weighted by molar-refractivity contribution is 0.164. The molecule has 3 rings (SSSR count). The Kier molecular flexibility index (Phi) is 5.71. The molecule has 2 aromatic rings. The maximum atomic E-state index is 10.3. The third kappa shape index (κ3) is 4.57. The van der Waals surface area contributed by atoms with Crippen LogP contribution in [0, 0.1) is 0 Å². The van der Waals surface area contributed by atoms with Gasteiger partial charge in [-0.05, 0) is 54.9 Å². The van der Waals surface area contributed by atoms with Crippen molar-refractivity contribution in [1.29, 1.82) is 0 Å². The Morgan fingerprint density at radius 2 is 1.74 bits per heavy atom. The highest BCUT2D eigenvalue weighted by atomic mass is 35.5. The van der Waals surface area contributed by atoms with Gasteiger partial charge in [0, 0.05) is 17.6 Å². The Balaban J connectivity index is 1.46. The first-order valence-electron chi connectivity index (χ1n) is 8.44. The van der Waals surface area contributed by atoms with Crippen molar-refractivity contribution in [2.45, 2.75) is 43.7 Å². The SMILES string of the molecule is O[C@@H](CNC1CCC(c2ccccc2)CC1)c1cccc(Cl)c1. The van der Waals surface area contributed by atoms with Crippen LogP contribution in [0.25, 0.3) is 0 Å². The van der Waals surface area contributed by atoms with E-state index >= 15 is 0 Å². The number of rotatable bonds is 5. The molecule has 2 N–H and O–H groups in total. The Bertz CT molecular complexity index is 608. The molecule has 0 aromatic heterocycles. The predicted octanol–water partition coefficient (Wildman–Crippen LogP) is 4.69. The fourth-order valence-electron chi connectivity index (χ4n) is 3.47. The molecule has 0 amide bonds. The molecule has 0 saturated heterocycles. The van der Waals surface area contributed by atoms with Crippen molar-refractivity contribution in [3.8, 4) is 0 Å². The lowest BCUT2D eigenvalue weighted by atomic mass is 9.82. The Hall–Kier alpha value is -1.35. The summed E-state index contributed by atoms with van der Waals surface area (Å²) in [5, 5.41) is 14.5. The van der Waals surface area contributed by atoms with E-state index in [2.05, 4.69) is 35.6 Å². The monoisotopic (exact) mass is 329 g/mol. The average Bonchev–Trinajstić information content (AvgIpc) is 2.61. The molecule has 2 aromatic carbocycles. The molecule has 1 saturated carbocycles. The zero-order valence-electron chi connectivity index (χ0n) is 13.3. The summed E-state index contributed by atoms with van der Waals surface area (Å²) in [6, 6.07) is 18.8. The zero-order valence-corrected chi connectivity index (χ0v) is 14.0. The van der Waals surface area contributed by atoms with Crippen molar-refractivity contribution in [3.63, 3.8) is 0 Å². The number of hydrogen-bond donors (Lipinski definition) is 2. The molecular formula is C20H24ClNO. The van der Waals surface area contributed by atoms with E-state index in [9.17, 15) is 5.11 Å². The van der Waals surface area contributed by atoms with Crippen LogP contribution in [-0.4, -0.2) is 17.7 Å². The van der Waals surface area contributed by atoms with Crippen LogP contribution in [-0.2, 0) is 0 Å². The Labute approximate surface area is 143 Å². The van der Waals surface area contributed by atoms with Crippen molar-refractivity contribution in [3.05, 3.63) is 70.7 Å². The Morgan fingerprint density at radius 1 is 1.00 bits per heavy atom. The largest absolute Gasteiger partial charge is 0.387 e. The van der Waals surface area contributed by atoms with E-state index < -0.39 is 6.10 Å². The smallest absolute Gasteiger partial charge is 0.0914 e. The maximum absolute atomic E-state index is 10.3. The molecule has 23 heavy (non-hydrogen) atoms. The van der Waals surface area contributed by atoms with E-state index in [-0.39, 0.29) is 0 Å². The second kappa shape index (κ2) is 7.96. The van der Waals surface area contributed by atoms with Gasteiger partial charge in [0.2, 0.25) is 0 Å². The second-order valence-electron chi connectivity index (χ2n) is 6.44. The van der Waals surface area contributed by atoms with Crippen LogP contribution in [0.2, 0.25) is 5.02 Å². The fraction of sp³-hybridized carbons (Fsp3) is 0.400. The number of halogens is 1. The van der Waals surface area contributed by atoms with Crippen LogP contribution in [0.15, 0.2) is 54.6 Å². The van der Waals surface area contributed by atoms with Crippen LogP contribution >= 0.6 is 11.6 Å². The molecule has 0 radical (unpaired) electrons. The number of nitrogens with one attached hydrogen (secondary N) is 1. The predicted molar refractivity (Wildman–Crippen MR) is 95.9 cm³/mol. The summed E-state index contributed by atoms with van der Waals surface area (Å²) in [6.45, 7) is 0.584. The Morgan fingerprint density at radius 3 is 2.43 bits per heavy atom. The lowest BCUT2D eigenvalue weighted by Crippen LogP contribution is -2.35. The highest BCUT2D eigenvalue weighted by molar-refractivity contribution is 6.30. The molecule has 0 spiro atoms. The number of aliphatic hydroxyl groups is 1. The minimum atomic E-state index is -0.499. The molecule has 1 aliphatic carbocycles. The molecule has 1 atom stereocenters. The highest BCUT2D eigenvalue weighted by Gasteiger charge is 2.22. The normalized spacial score (nSPS) is 22.7.